The molecule has 26 heavy (non-hydrogen) atoms. The Hall–Kier alpha value is -2.97. The van der Waals surface area contributed by atoms with E-state index < -0.39 is 0 Å². The lowest BCUT2D eigenvalue weighted by Gasteiger charge is -2.22. The van der Waals surface area contributed by atoms with Crippen LogP contribution in [0, 0.1) is 19.3 Å². The summed E-state index contributed by atoms with van der Waals surface area (Å²) in [4.78, 5) is 25.8. The minimum atomic E-state index is -0.365. The van der Waals surface area contributed by atoms with Gasteiger partial charge in [0.2, 0.25) is 5.91 Å². The first-order valence-electron chi connectivity index (χ1n) is 7.91. The van der Waals surface area contributed by atoms with E-state index in [4.69, 9.17) is 22.8 Å². The van der Waals surface area contributed by atoms with Crippen molar-refractivity contribution in [3.8, 4) is 18.1 Å². The number of nitrogens with zero attached hydrogens (tertiary/aromatic N) is 1. The van der Waals surface area contributed by atoms with Crippen LogP contribution in [0.4, 0.5) is 5.69 Å². The summed E-state index contributed by atoms with van der Waals surface area (Å²) in [6.45, 7) is 1.49. The predicted octanol–water partition coefficient (Wildman–Crippen LogP) is 2.79. The Morgan fingerprint density at radius 3 is 2.69 bits per heavy atom. The number of rotatable bonds is 6. The molecule has 0 saturated heterocycles. The van der Waals surface area contributed by atoms with Gasteiger partial charge in [0, 0.05) is 23.3 Å². The van der Waals surface area contributed by atoms with Gasteiger partial charge >= 0.3 is 0 Å². The number of nitrogens with one attached hydrogen (secondary N) is 1. The molecule has 0 heterocycles. The van der Waals surface area contributed by atoms with Crippen molar-refractivity contribution >= 4 is 29.1 Å². The Morgan fingerprint density at radius 2 is 2.04 bits per heavy atom. The summed E-state index contributed by atoms with van der Waals surface area (Å²) in [6.07, 6.45) is 5.42. The van der Waals surface area contributed by atoms with Crippen LogP contribution in [0.15, 0.2) is 42.5 Å². The second-order valence-electron chi connectivity index (χ2n) is 5.55. The van der Waals surface area contributed by atoms with Gasteiger partial charge in [-0.25, -0.2) is 0 Å². The minimum Gasteiger partial charge on any atom is -0.484 e. The van der Waals surface area contributed by atoms with Crippen molar-refractivity contribution < 1.29 is 14.3 Å². The number of aryl methyl sites for hydroxylation is 1. The van der Waals surface area contributed by atoms with Crippen LogP contribution in [-0.4, -0.2) is 32.0 Å². The van der Waals surface area contributed by atoms with Gasteiger partial charge in [0.05, 0.1) is 0 Å². The van der Waals surface area contributed by atoms with E-state index in [-0.39, 0.29) is 25.0 Å². The van der Waals surface area contributed by atoms with E-state index in [1.54, 1.807) is 42.5 Å². The maximum atomic E-state index is 12.7. The first kappa shape index (κ1) is 19.4. The number of halogens is 1. The molecule has 0 radical (unpaired) electrons. The van der Waals surface area contributed by atoms with E-state index in [2.05, 4.69) is 11.2 Å². The number of amides is 2. The average molecular weight is 371 g/mol. The Kier molecular flexibility index (Phi) is 6.65. The van der Waals surface area contributed by atoms with Crippen molar-refractivity contribution in [1.82, 2.24) is 5.32 Å². The van der Waals surface area contributed by atoms with E-state index >= 15 is 0 Å². The van der Waals surface area contributed by atoms with Crippen molar-refractivity contribution in [2.45, 2.75) is 6.92 Å². The monoisotopic (exact) mass is 370 g/mol. The van der Waals surface area contributed by atoms with E-state index in [0.717, 1.165) is 5.56 Å². The lowest BCUT2D eigenvalue weighted by atomic mass is 10.2. The molecule has 5 nitrogen and oxygen atoms in total. The lowest BCUT2D eigenvalue weighted by Crippen LogP contribution is -2.42. The van der Waals surface area contributed by atoms with Gasteiger partial charge in [-0.1, -0.05) is 23.6 Å². The molecule has 134 valence electrons. The third kappa shape index (κ3) is 5.01. The van der Waals surface area contributed by atoms with Gasteiger partial charge in [-0.05, 0) is 48.9 Å². The zero-order chi connectivity index (χ0) is 19.1. The topological polar surface area (TPSA) is 58.6 Å². The average Bonchev–Trinajstić information content (AvgIpc) is 2.66. The molecule has 0 saturated carbocycles. The number of terminal acetylenes is 1. The number of hydrogen-bond acceptors (Lipinski definition) is 3. The SMILES string of the molecule is C#Cc1cccc(N(CC(=O)NC)C(=O)COc2ccc(Cl)c(C)c2)c1. The number of benzene rings is 2. The summed E-state index contributed by atoms with van der Waals surface area (Å²) < 4.78 is 5.56. The number of anilines is 1. The molecule has 2 rings (SSSR count). The molecular weight excluding hydrogens is 352 g/mol. The van der Waals surface area contributed by atoms with E-state index in [1.165, 1.54) is 11.9 Å². The van der Waals surface area contributed by atoms with Crippen LogP contribution in [0.2, 0.25) is 5.02 Å². The fraction of sp³-hybridized carbons (Fsp3) is 0.200. The van der Waals surface area contributed by atoms with Crippen molar-refractivity contribution in [2.75, 3.05) is 25.1 Å². The summed E-state index contributed by atoms with van der Waals surface area (Å²) >= 11 is 5.98. The fourth-order valence-electron chi connectivity index (χ4n) is 2.24. The maximum Gasteiger partial charge on any atom is 0.265 e. The van der Waals surface area contributed by atoms with Crippen LogP contribution in [0.25, 0.3) is 0 Å². The first-order chi connectivity index (χ1) is 12.4. The van der Waals surface area contributed by atoms with Crippen molar-refractivity contribution in [3.05, 3.63) is 58.6 Å². The highest BCUT2D eigenvalue weighted by Crippen LogP contribution is 2.21. The highest BCUT2D eigenvalue weighted by molar-refractivity contribution is 6.31. The molecule has 0 aliphatic carbocycles. The van der Waals surface area contributed by atoms with Crippen LogP contribution in [0.3, 0.4) is 0 Å². The molecule has 0 atom stereocenters. The molecule has 0 aliphatic heterocycles. The number of carbonyl (C=O) groups is 2. The van der Waals surface area contributed by atoms with E-state index in [0.29, 0.717) is 22.0 Å². The van der Waals surface area contributed by atoms with Gasteiger partial charge in [-0.2, -0.15) is 0 Å². The fourth-order valence-corrected chi connectivity index (χ4v) is 2.36. The van der Waals surface area contributed by atoms with Gasteiger partial charge in [0.1, 0.15) is 12.3 Å². The molecule has 0 bridgehead atoms. The maximum absolute atomic E-state index is 12.7. The van der Waals surface area contributed by atoms with E-state index in [9.17, 15) is 9.59 Å². The molecule has 2 aromatic rings. The highest BCUT2D eigenvalue weighted by Gasteiger charge is 2.19. The van der Waals surface area contributed by atoms with Crippen LogP contribution < -0.4 is 15.0 Å². The number of likely N-dealkylation sites (N-methyl/N-ethyl adjacent to an activating group) is 1. The number of carbonyl (C=O) groups excluding carboxylic acids is 2. The zero-order valence-electron chi connectivity index (χ0n) is 14.6. The first-order valence-corrected chi connectivity index (χ1v) is 8.29. The Balaban J connectivity index is 2.18. The summed E-state index contributed by atoms with van der Waals surface area (Å²) in [5.74, 6) is 2.38. The Morgan fingerprint density at radius 1 is 1.27 bits per heavy atom. The molecular formula is C20H19ClN2O3. The minimum absolute atomic E-state index is 0.133. The predicted molar refractivity (Wildman–Crippen MR) is 102 cm³/mol. The van der Waals surface area contributed by atoms with Gasteiger partial charge < -0.3 is 15.0 Å². The van der Waals surface area contributed by atoms with Crippen LogP contribution in [0.1, 0.15) is 11.1 Å². The summed E-state index contributed by atoms with van der Waals surface area (Å²) in [7, 11) is 1.51. The third-order valence-electron chi connectivity index (χ3n) is 3.70. The highest BCUT2D eigenvalue weighted by atomic mass is 35.5. The molecule has 0 aliphatic rings. The summed E-state index contributed by atoms with van der Waals surface area (Å²) in [6, 6.07) is 12.0. The van der Waals surface area contributed by atoms with Crippen LogP contribution in [0.5, 0.6) is 5.75 Å². The molecule has 0 unspecified atom stereocenters. The summed E-state index contributed by atoms with van der Waals surface area (Å²) in [5.41, 5.74) is 2.00. The number of ether oxygens (including phenoxy) is 1. The zero-order valence-corrected chi connectivity index (χ0v) is 15.3. The largest absolute Gasteiger partial charge is 0.484 e. The van der Waals surface area contributed by atoms with Crippen molar-refractivity contribution in [3.63, 3.8) is 0 Å². The third-order valence-corrected chi connectivity index (χ3v) is 4.12. The van der Waals surface area contributed by atoms with Gasteiger partial charge in [-0.15, -0.1) is 6.42 Å². The Labute approximate surface area is 157 Å². The quantitative estimate of drug-likeness (QED) is 0.795. The summed E-state index contributed by atoms with van der Waals surface area (Å²) in [5, 5.41) is 3.13. The molecule has 0 fully saturated rings. The molecule has 0 aromatic heterocycles. The van der Waals surface area contributed by atoms with Crippen molar-refractivity contribution in [2.24, 2.45) is 0 Å². The number of hydrogen-bond donors (Lipinski definition) is 1. The second-order valence-corrected chi connectivity index (χ2v) is 5.95. The van der Waals surface area contributed by atoms with Crippen LogP contribution in [-0.2, 0) is 9.59 Å². The standard InChI is InChI=1S/C20H19ClN2O3/c1-4-15-6-5-7-16(11-15)23(12-19(24)22-3)20(25)13-26-17-8-9-18(21)14(2)10-17/h1,5-11H,12-13H2,2-3H3,(H,22,24). The second kappa shape index (κ2) is 8.93. The van der Waals surface area contributed by atoms with Gasteiger partial charge in [0.25, 0.3) is 5.91 Å². The lowest BCUT2D eigenvalue weighted by molar-refractivity contribution is -0.124. The van der Waals surface area contributed by atoms with E-state index in [1.807, 2.05) is 6.92 Å². The molecule has 2 amide bonds. The molecule has 6 heteroatoms. The Bertz CT molecular complexity index is 858. The van der Waals surface area contributed by atoms with Gasteiger partial charge in [-0.3, -0.25) is 9.59 Å². The van der Waals surface area contributed by atoms with Crippen molar-refractivity contribution in [1.29, 1.82) is 0 Å². The van der Waals surface area contributed by atoms with Gasteiger partial charge in [0.15, 0.2) is 6.61 Å². The normalized spacial score (nSPS) is 9.92. The smallest absolute Gasteiger partial charge is 0.265 e. The molecule has 2 aromatic carbocycles. The van der Waals surface area contributed by atoms with Crippen LogP contribution >= 0.6 is 11.6 Å². The molecule has 0 spiro atoms. The molecule has 1 N–H and O–H groups in total.